The monoisotopic (exact) mass is 387 g/mol. The van der Waals surface area contributed by atoms with E-state index in [1.165, 1.54) is 22.8 Å². The number of amides is 1. The highest BCUT2D eigenvalue weighted by atomic mass is 16.6. The fourth-order valence-corrected chi connectivity index (χ4v) is 4.54. The quantitative estimate of drug-likeness (QED) is 0.508. The third kappa shape index (κ3) is 4.79. The summed E-state index contributed by atoms with van der Waals surface area (Å²) in [7, 11) is 0. The molecule has 1 fully saturated rings. The Labute approximate surface area is 173 Å². The smallest absolute Gasteiger partial charge is 0.410 e. The van der Waals surface area contributed by atoms with Crippen LogP contribution in [0.1, 0.15) is 43.2 Å². The van der Waals surface area contributed by atoms with E-state index in [1.807, 2.05) is 35.2 Å². The first-order valence-corrected chi connectivity index (χ1v) is 10.6. The van der Waals surface area contributed by atoms with Crippen LogP contribution in [0, 0.1) is 5.92 Å². The topological polar surface area (TPSA) is 29.5 Å². The van der Waals surface area contributed by atoms with E-state index in [9.17, 15) is 4.79 Å². The summed E-state index contributed by atoms with van der Waals surface area (Å²) in [4.78, 5) is 14.4. The number of ether oxygens (including phenoxy) is 1. The van der Waals surface area contributed by atoms with E-state index in [0.29, 0.717) is 18.4 Å². The van der Waals surface area contributed by atoms with E-state index in [0.717, 1.165) is 31.5 Å². The minimum absolute atomic E-state index is 0.184. The second-order valence-corrected chi connectivity index (χ2v) is 8.20. The first-order valence-electron chi connectivity index (χ1n) is 10.6. The molecule has 1 aliphatic heterocycles. The molecule has 4 rings (SSSR count). The van der Waals surface area contributed by atoms with E-state index in [1.54, 1.807) is 0 Å². The summed E-state index contributed by atoms with van der Waals surface area (Å²) >= 11 is 0. The van der Waals surface area contributed by atoms with Gasteiger partial charge in [-0.25, -0.2) is 4.79 Å². The van der Waals surface area contributed by atoms with Gasteiger partial charge in [0.1, 0.15) is 6.61 Å². The normalized spacial score (nSPS) is 17.8. The van der Waals surface area contributed by atoms with Crippen molar-refractivity contribution in [3.05, 3.63) is 83.9 Å². The predicted octanol–water partition coefficient (Wildman–Crippen LogP) is 6.38. The Morgan fingerprint density at radius 2 is 1.79 bits per heavy atom. The fraction of sp³-hybridized carbons (Fsp3) is 0.346. The Balaban J connectivity index is 1.36. The van der Waals surface area contributed by atoms with Crippen molar-refractivity contribution >= 4 is 16.9 Å². The van der Waals surface area contributed by atoms with Crippen molar-refractivity contribution in [3.63, 3.8) is 0 Å². The summed E-state index contributed by atoms with van der Waals surface area (Å²) in [5, 5.41) is 2.64. The first-order chi connectivity index (χ1) is 14.2. The number of nitrogens with zero attached hydrogens (tertiary/aromatic N) is 1. The highest BCUT2D eigenvalue weighted by Crippen LogP contribution is 2.33. The summed E-state index contributed by atoms with van der Waals surface area (Å²) < 4.78 is 5.55. The minimum Gasteiger partial charge on any atom is -0.445 e. The molecule has 0 saturated carbocycles. The summed E-state index contributed by atoms with van der Waals surface area (Å²) in [5.41, 5.74) is 2.44. The molecule has 0 N–H and O–H groups in total. The molecular formula is C26H29NO2. The highest BCUT2D eigenvalue weighted by molar-refractivity contribution is 5.86. The van der Waals surface area contributed by atoms with Crippen LogP contribution in [0.25, 0.3) is 10.8 Å². The first kappa shape index (κ1) is 19.5. The number of benzene rings is 3. The molecule has 3 aromatic carbocycles. The van der Waals surface area contributed by atoms with Crippen LogP contribution in [0.5, 0.6) is 0 Å². The lowest BCUT2D eigenvalue weighted by Crippen LogP contribution is -2.40. The Kier molecular flexibility index (Phi) is 6.14. The number of hydrogen-bond donors (Lipinski definition) is 0. The molecule has 0 radical (unpaired) electrons. The van der Waals surface area contributed by atoms with Crippen LogP contribution < -0.4 is 0 Å². The molecule has 150 valence electrons. The van der Waals surface area contributed by atoms with Crippen LogP contribution in [0.3, 0.4) is 0 Å². The number of rotatable bonds is 5. The zero-order chi connectivity index (χ0) is 20.1. The second-order valence-electron chi connectivity index (χ2n) is 8.20. The molecule has 3 aromatic rings. The fourth-order valence-electron chi connectivity index (χ4n) is 4.54. The van der Waals surface area contributed by atoms with Crippen molar-refractivity contribution in [1.29, 1.82) is 0 Å². The lowest BCUT2D eigenvalue weighted by atomic mass is 9.84. The average molecular weight is 388 g/mol. The Morgan fingerprint density at radius 3 is 2.66 bits per heavy atom. The molecule has 1 heterocycles. The molecular weight excluding hydrogens is 358 g/mol. The maximum Gasteiger partial charge on any atom is 0.410 e. The lowest BCUT2D eigenvalue weighted by Gasteiger charge is -2.33. The molecule has 0 aromatic heterocycles. The molecule has 0 spiro atoms. The molecule has 1 unspecified atom stereocenters. The predicted molar refractivity (Wildman–Crippen MR) is 118 cm³/mol. The Hall–Kier alpha value is -2.81. The number of likely N-dealkylation sites (tertiary alicyclic amines) is 1. The van der Waals surface area contributed by atoms with Crippen molar-refractivity contribution in [2.45, 2.75) is 38.7 Å². The molecule has 29 heavy (non-hydrogen) atoms. The molecule has 1 saturated heterocycles. The van der Waals surface area contributed by atoms with Crippen molar-refractivity contribution in [3.8, 4) is 0 Å². The Morgan fingerprint density at radius 1 is 1.03 bits per heavy atom. The number of carbonyl (C=O) groups is 1. The van der Waals surface area contributed by atoms with Crippen LogP contribution in [0.15, 0.2) is 72.8 Å². The molecule has 1 amide bonds. The van der Waals surface area contributed by atoms with Crippen LogP contribution in [0.4, 0.5) is 4.79 Å². The minimum atomic E-state index is -0.184. The molecule has 3 nitrogen and oxygen atoms in total. The number of hydrogen-bond acceptors (Lipinski definition) is 2. The van der Waals surface area contributed by atoms with E-state index in [2.05, 4.69) is 49.4 Å². The molecule has 0 bridgehead atoms. The van der Waals surface area contributed by atoms with Gasteiger partial charge in [0, 0.05) is 13.1 Å². The highest BCUT2D eigenvalue weighted by Gasteiger charge is 2.26. The van der Waals surface area contributed by atoms with Crippen LogP contribution >= 0.6 is 0 Å². The van der Waals surface area contributed by atoms with Gasteiger partial charge in [-0.2, -0.15) is 0 Å². The van der Waals surface area contributed by atoms with Gasteiger partial charge in [0.05, 0.1) is 0 Å². The van der Waals surface area contributed by atoms with E-state index in [4.69, 9.17) is 4.74 Å². The SMILES string of the molecule is C[C@@H](CC1CCCN(C(=O)OCc2ccccc2)C1)c1cccc2ccccc12. The van der Waals surface area contributed by atoms with Gasteiger partial charge in [0.15, 0.2) is 0 Å². The van der Waals surface area contributed by atoms with Crippen LogP contribution in [-0.4, -0.2) is 24.1 Å². The van der Waals surface area contributed by atoms with E-state index < -0.39 is 0 Å². The zero-order valence-electron chi connectivity index (χ0n) is 17.1. The van der Waals surface area contributed by atoms with Gasteiger partial charge in [-0.15, -0.1) is 0 Å². The average Bonchev–Trinajstić information content (AvgIpc) is 2.78. The maximum absolute atomic E-state index is 12.6. The number of fused-ring (bicyclic) bond motifs is 1. The molecule has 1 aliphatic rings. The van der Waals surface area contributed by atoms with Crippen molar-refractivity contribution in [2.24, 2.45) is 5.92 Å². The lowest BCUT2D eigenvalue weighted by molar-refractivity contribution is 0.0772. The van der Waals surface area contributed by atoms with Crippen molar-refractivity contribution < 1.29 is 9.53 Å². The number of piperidine rings is 1. The van der Waals surface area contributed by atoms with Gasteiger partial charge in [0.25, 0.3) is 0 Å². The zero-order valence-corrected chi connectivity index (χ0v) is 17.1. The van der Waals surface area contributed by atoms with Gasteiger partial charge >= 0.3 is 6.09 Å². The Bertz CT molecular complexity index is 948. The van der Waals surface area contributed by atoms with Crippen molar-refractivity contribution in [2.75, 3.05) is 13.1 Å². The molecule has 3 heteroatoms. The van der Waals surface area contributed by atoms with Gasteiger partial charge < -0.3 is 9.64 Å². The van der Waals surface area contributed by atoms with Crippen LogP contribution in [-0.2, 0) is 11.3 Å². The molecule has 0 aliphatic carbocycles. The van der Waals surface area contributed by atoms with E-state index in [-0.39, 0.29) is 6.09 Å². The summed E-state index contributed by atoms with van der Waals surface area (Å²) in [6.45, 7) is 4.25. The largest absolute Gasteiger partial charge is 0.445 e. The summed E-state index contributed by atoms with van der Waals surface area (Å²) in [6.07, 6.45) is 3.14. The maximum atomic E-state index is 12.6. The second kappa shape index (κ2) is 9.13. The van der Waals surface area contributed by atoms with Crippen molar-refractivity contribution in [1.82, 2.24) is 4.90 Å². The van der Waals surface area contributed by atoms with Gasteiger partial charge in [0.2, 0.25) is 0 Å². The van der Waals surface area contributed by atoms with Crippen LogP contribution in [0.2, 0.25) is 0 Å². The summed E-state index contributed by atoms with van der Waals surface area (Å²) in [5.74, 6) is 0.980. The standard InChI is InChI=1S/C26H29NO2/c1-20(24-15-7-13-23-12-5-6-14-25(23)24)17-22-11-8-16-27(18-22)26(28)29-19-21-9-3-2-4-10-21/h2-7,9-10,12-15,20,22H,8,11,16-19H2,1H3/t20-,22?/m0/s1. The van der Waals surface area contributed by atoms with Gasteiger partial charge in [-0.05, 0) is 53.0 Å². The third-order valence-corrected chi connectivity index (χ3v) is 6.02. The van der Waals surface area contributed by atoms with Gasteiger partial charge in [-0.3, -0.25) is 0 Å². The van der Waals surface area contributed by atoms with E-state index >= 15 is 0 Å². The number of carbonyl (C=O) groups excluding carboxylic acids is 1. The van der Waals surface area contributed by atoms with Gasteiger partial charge in [-0.1, -0.05) is 79.7 Å². The summed E-state index contributed by atoms with van der Waals surface area (Å²) in [6, 6.07) is 25.1. The molecule has 2 atom stereocenters. The third-order valence-electron chi connectivity index (χ3n) is 6.02.